The van der Waals surface area contributed by atoms with E-state index in [2.05, 4.69) is 10.0 Å². The Morgan fingerprint density at radius 3 is 2.38 bits per heavy atom. The summed E-state index contributed by atoms with van der Waals surface area (Å²) in [4.78, 5) is 37.6. The molecule has 0 unspecified atom stereocenters. The zero-order valence-corrected chi connectivity index (χ0v) is 25.2. The quantitative estimate of drug-likeness (QED) is 0.246. The Morgan fingerprint density at radius 2 is 1.76 bits per heavy atom. The number of sulfonamides is 1. The maximum absolute atomic E-state index is 13.2. The van der Waals surface area contributed by atoms with Crippen LogP contribution in [0.2, 0.25) is 10.0 Å². The first-order valence-corrected chi connectivity index (χ1v) is 14.9. The van der Waals surface area contributed by atoms with Crippen LogP contribution in [-0.4, -0.2) is 38.7 Å². The molecule has 0 saturated heterocycles. The van der Waals surface area contributed by atoms with E-state index in [1.165, 1.54) is 54.6 Å². The maximum Gasteiger partial charge on any atom is 0.262 e. The molecule has 3 rings (SSSR count). The lowest BCUT2D eigenvalue weighted by molar-refractivity contribution is -0.120. The first-order chi connectivity index (χ1) is 19.7. The molecular weight excluding hydrogens is 603 g/mol. The molecule has 0 aromatic heterocycles. The first kappa shape index (κ1) is 32.6. The summed E-state index contributed by atoms with van der Waals surface area (Å²) in [5.74, 6) is -2.11. The first-order valence-electron chi connectivity index (χ1n) is 12.7. The Balaban J connectivity index is 1.74. The molecule has 0 aliphatic carbocycles. The molecule has 0 fully saturated rings. The summed E-state index contributed by atoms with van der Waals surface area (Å²) in [5.41, 5.74) is 6.55. The molecule has 42 heavy (non-hydrogen) atoms. The lowest BCUT2D eigenvalue weighted by Gasteiger charge is -2.21. The number of nitrogens with one attached hydrogen (secondary N) is 2. The number of halogens is 2. The van der Waals surface area contributed by atoms with Crippen molar-refractivity contribution >= 4 is 56.5 Å². The number of amides is 2. The van der Waals surface area contributed by atoms with E-state index in [9.17, 15) is 28.1 Å². The van der Waals surface area contributed by atoms with Gasteiger partial charge in [0.1, 0.15) is 11.8 Å². The fraction of sp³-hybridized carbons (Fsp3) is 0.241. The van der Waals surface area contributed by atoms with E-state index >= 15 is 0 Å². The third-order valence-electron chi connectivity index (χ3n) is 6.42. The molecule has 0 radical (unpaired) electrons. The lowest BCUT2D eigenvalue weighted by atomic mass is 10.00. The summed E-state index contributed by atoms with van der Waals surface area (Å²) in [6, 6.07) is 13.4. The van der Waals surface area contributed by atoms with Crippen molar-refractivity contribution in [1.82, 2.24) is 4.72 Å². The number of ketones is 1. The number of nitrogens with two attached hydrogens (primary N) is 1. The average molecular weight is 632 g/mol. The molecule has 0 heterocycles. The Hall–Kier alpha value is -3.95. The molecule has 220 valence electrons. The van der Waals surface area contributed by atoms with E-state index in [0.717, 1.165) is 0 Å². The number of anilines is 1. The highest BCUT2D eigenvalue weighted by atomic mass is 35.5. The zero-order valence-electron chi connectivity index (χ0n) is 22.9. The summed E-state index contributed by atoms with van der Waals surface area (Å²) in [5, 5.41) is 12.3. The van der Waals surface area contributed by atoms with Crippen molar-refractivity contribution in [2.45, 2.75) is 38.1 Å². The Bertz CT molecular complexity index is 1690. The Kier molecular flexibility index (Phi) is 10.7. The van der Waals surface area contributed by atoms with Crippen LogP contribution in [0.15, 0.2) is 59.5 Å². The second-order valence-corrected chi connectivity index (χ2v) is 12.1. The molecule has 10 nitrogen and oxygen atoms in total. The SMILES string of the molecule is CC[C@H](C)[C@H](NS(=O)(=O)c1ccc(NC(=O)COc2ccc(Cl)cc2C(=O)c2cc(Cl)cc(C#N)c2)c(C)c1)C(N)=O. The molecule has 0 spiro atoms. The predicted molar refractivity (Wildman–Crippen MR) is 159 cm³/mol. The molecule has 0 saturated carbocycles. The minimum absolute atomic E-state index is 0.0614. The largest absolute Gasteiger partial charge is 0.483 e. The highest BCUT2D eigenvalue weighted by Crippen LogP contribution is 2.27. The van der Waals surface area contributed by atoms with Crippen LogP contribution in [0, 0.1) is 24.2 Å². The summed E-state index contributed by atoms with van der Waals surface area (Å²) in [6.45, 7) is 4.65. The molecule has 4 N–H and O–H groups in total. The fourth-order valence-corrected chi connectivity index (χ4v) is 5.75. The normalized spacial score (nSPS) is 12.6. The van der Waals surface area contributed by atoms with Gasteiger partial charge >= 0.3 is 0 Å². The van der Waals surface area contributed by atoms with Crippen molar-refractivity contribution in [3.8, 4) is 11.8 Å². The smallest absolute Gasteiger partial charge is 0.262 e. The Labute approximate surface area is 253 Å². The molecule has 0 aliphatic heterocycles. The van der Waals surface area contributed by atoms with Crippen LogP contribution in [0.25, 0.3) is 0 Å². The number of nitriles is 1. The monoisotopic (exact) mass is 630 g/mol. The van der Waals surface area contributed by atoms with E-state index in [-0.39, 0.29) is 43.3 Å². The molecule has 2 atom stereocenters. The van der Waals surface area contributed by atoms with E-state index in [0.29, 0.717) is 17.7 Å². The number of carbonyl (C=O) groups excluding carboxylic acids is 3. The van der Waals surface area contributed by atoms with Gasteiger partial charge in [0.15, 0.2) is 12.4 Å². The highest BCUT2D eigenvalue weighted by molar-refractivity contribution is 7.89. The van der Waals surface area contributed by atoms with Gasteiger partial charge in [-0.3, -0.25) is 14.4 Å². The second kappa shape index (κ2) is 13.8. The van der Waals surface area contributed by atoms with Crippen LogP contribution in [0.4, 0.5) is 5.69 Å². The van der Waals surface area contributed by atoms with E-state index in [1.54, 1.807) is 13.8 Å². The van der Waals surface area contributed by atoms with Crippen molar-refractivity contribution in [2.75, 3.05) is 11.9 Å². The number of benzene rings is 3. The maximum atomic E-state index is 13.2. The van der Waals surface area contributed by atoms with Gasteiger partial charge in [-0.25, -0.2) is 8.42 Å². The molecule has 2 amide bonds. The van der Waals surface area contributed by atoms with Crippen LogP contribution in [-0.2, 0) is 19.6 Å². The summed E-state index contributed by atoms with van der Waals surface area (Å²) in [7, 11) is -4.08. The predicted octanol–water partition coefficient (Wildman–Crippen LogP) is 4.60. The summed E-state index contributed by atoms with van der Waals surface area (Å²) < 4.78 is 33.8. The number of carbonyl (C=O) groups is 3. The van der Waals surface area contributed by atoms with Gasteiger partial charge in [0.05, 0.1) is 22.1 Å². The lowest BCUT2D eigenvalue weighted by Crippen LogP contribution is -2.48. The molecule has 13 heteroatoms. The van der Waals surface area contributed by atoms with Gasteiger partial charge in [-0.05, 0) is 73.0 Å². The number of ether oxygens (including phenoxy) is 1. The number of rotatable bonds is 12. The molecule has 3 aromatic carbocycles. The molecule has 0 bridgehead atoms. The number of hydrogen-bond donors (Lipinski definition) is 3. The van der Waals surface area contributed by atoms with Gasteiger partial charge in [0.25, 0.3) is 5.91 Å². The zero-order chi connectivity index (χ0) is 31.2. The number of nitrogens with zero attached hydrogens (tertiary/aromatic N) is 1. The van der Waals surface area contributed by atoms with Crippen molar-refractivity contribution < 1.29 is 27.5 Å². The van der Waals surface area contributed by atoms with Crippen molar-refractivity contribution in [1.29, 1.82) is 5.26 Å². The second-order valence-electron chi connectivity index (χ2n) is 9.51. The van der Waals surface area contributed by atoms with Crippen LogP contribution < -0.4 is 20.5 Å². The van der Waals surface area contributed by atoms with Crippen molar-refractivity contribution in [3.63, 3.8) is 0 Å². The van der Waals surface area contributed by atoms with Gasteiger partial charge in [0.2, 0.25) is 15.9 Å². The number of hydrogen-bond acceptors (Lipinski definition) is 7. The van der Waals surface area contributed by atoms with Crippen LogP contribution >= 0.6 is 23.2 Å². The third-order valence-corrected chi connectivity index (χ3v) is 8.31. The van der Waals surface area contributed by atoms with Crippen LogP contribution in [0.3, 0.4) is 0 Å². The Morgan fingerprint density at radius 1 is 1.05 bits per heavy atom. The van der Waals surface area contributed by atoms with Gasteiger partial charge in [-0.2, -0.15) is 9.98 Å². The topological polar surface area (TPSA) is 168 Å². The third kappa shape index (κ3) is 8.08. The highest BCUT2D eigenvalue weighted by Gasteiger charge is 2.28. The molecule has 0 aliphatic rings. The number of primary amides is 1. The summed E-state index contributed by atoms with van der Waals surface area (Å²) in [6.07, 6.45) is 0.538. The van der Waals surface area contributed by atoms with Crippen molar-refractivity contribution in [2.24, 2.45) is 11.7 Å². The number of aryl methyl sites for hydroxylation is 1. The standard InChI is InChI=1S/C29H28Cl2N4O6S/c1-4-16(2)27(29(33)38)35-42(39,40)22-6-7-24(17(3)9-22)34-26(36)15-41-25-8-5-20(30)13-23(25)28(37)19-10-18(14-32)11-21(31)12-19/h5-13,16,27,35H,4,15H2,1-3H3,(H2,33,38)(H,34,36)/t16-,27-/m0/s1. The van der Waals surface area contributed by atoms with Gasteiger partial charge in [0, 0.05) is 21.3 Å². The van der Waals surface area contributed by atoms with Crippen LogP contribution in [0.5, 0.6) is 5.75 Å². The minimum atomic E-state index is -4.08. The molecule has 3 aromatic rings. The van der Waals surface area contributed by atoms with E-state index in [1.807, 2.05) is 13.0 Å². The summed E-state index contributed by atoms with van der Waals surface area (Å²) >= 11 is 12.1. The van der Waals surface area contributed by atoms with Gasteiger partial charge < -0.3 is 15.8 Å². The van der Waals surface area contributed by atoms with Crippen LogP contribution in [0.1, 0.15) is 47.3 Å². The average Bonchev–Trinajstić information content (AvgIpc) is 2.94. The van der Waals surface area contributed by atoms with Crippen molar-refractivity contribution in [3.05, 3.63) is 86.9 Å². The molecular formula is C29H28Cl2N4O6S. The van der Waals surface area contributed by atoms with E-state index in [4.69, 9.17) is 33.7 Å². The van der Waals surface area contributed by atoms with Gasteiger partial charge in [-0.15, -0.1) is 0 Å². The fourth-order valence-electron chi connectivity index (χ4n) is 3.94. The van der Waals surface area contributed by atoms with E-state index < -0.39 is 40.3 Å². The van der Waals surface area contributed by atoms with Gasteiger partial charge in [-0.1, -0.05) is 43.5 Å². The minimum Gasteiger partial charge on any atom is -0.483 e.